The second-order valence-corrected chi connectivity index (χ2v) is 4.37. The summed E-state index contributed by atoms with van der Waals surface area (Å²) in [6.45, 7) is 2.03. The highest BCUT2D eigenvalue weighted by molar-refractivity contribution is 7.14. The first-order valence-electron chi connectivity index (χ1n) is 3.86. The van der Waals surface area contributed by atoms with Gasteiger partial charge in [-0.05, 0) is 25.1 Å². The van der Waals surface area contributed by atoms with Crippen LogP contribution in [0.5, 0.6) is 0 Å². The molecule has 3 heteroatoms. The summed E-state index contributed by atoms with van der Waals surface area (Å²) < 4.78 is 0. The van der Waals surface area contributed by atoms with Gasteiger partial charge in [0.05, 0.1) is 0 Å². The first-order chi connectivity index (χ1) is 6.25. The van der Waals surface area contributed by atoms with Gasteiger partial charge in [0, 0.05) is 21.7 Å². The molecule has 13 heavy (non-hydrogen) atoms. The van der Waals surface area contributed by atoms with E-state index in [-0.39, 0.29) is 0 Å². The number of aryl methyl sites for hydroxylation is 1. The van der Waals surface area contributed by atoms with Gasteiger partial charge in [-0.15, -0.1) is 11.3 Å². The lowest BCUT2D eigenvalue weighted by Crippen LogP contribution is -1.74. The van der Waals surface area contributed by atoms with Crippen molar-refractivity contribution >= 4 is 22.9 Å². The molecule has 1 aromatic heterocycles. The summed E-state index contributed by atoms with van der Waals surface area (Å²) in [6.07, 6.45) is 1.86. The predicted molar refractivity (Wildman–Crippen MR) is 56.1 cm³/mol. The Bertz CT molecular complexity index is 422. The zero-order chi connectivity index (χ0) is 9.26. The minimum atomic E-state index is 0.724. The third-order valence-electron chi connectivity index (χ3n) is 1.62. The molecule has 2 aromatic rings. The molecule has 0 atom stereocenters. The van der Waals surface area contributed by atoms with Gasteiger partial charge in [-0.2, -0.15) is 0 Å². The summed E-state index contributed by atoms with van der Waals surface area (Å²) in [6, 6.07) is 8.60. The molecule has 2 rings (SSSR count). The molecule has 0 aliphatic rings. The van der Waals surface area contributed by atoms with E-state index in [0.29, 0.717) is 0 Å². The Morgan fingerprint density at radius 1 is 1.54 bits per heavy atom. The highest BCUT2D eigenvalue weighted by atomic mass is 35.5. The molecule has 0 aliphatic heterocycles. The van der Waals surface area contributed by atoms with Crippen molar-refractivity contribution in [2.45, 2.75) is 6.92 Å². The van der Waals surface area contributed by atoms with Crippen molar-refractivity contribution < 1.29 is 0 Å². The van der Waals surface area contributed by atoms with E-state index in [2.05, 4.69) is 11.1 Å². The minimum Gasteiger partial charge on any atom is -0.244 e. The molecule has 0 bridgehead atoms. The number of hydrogen-bond donors (Lipinski definition) is 0. The Morgan fingerprint density at radius 2 is 2.38 bits per heavy atom. The Kier molecular flexibility index (Phi) is 2.34. The van der Waals surface area contributed by atoms with Crippen LogP contribution >= 0.6 is 22.9 Å². The second kappa shape index (κ2) is 3.48. The van der Waals surface area contributed by atoms with Gasteiger partial charge in [-0.1, -0.05) is 17.7 Å². The van der Waals surface area contributed by atoms with Crippen molar-refractivity contribution in [3.05, 3.63) is 40.4 Å². The van der Waals surface area contributed by atoms with Crippen LogP contribution in [0.4, 0.5) is 0 Å². The van der Waals surface area contributed by atoms with Gasteiger partial charge in [0.25, 0.3) is 0 Å². The lowest BCUT2D eigenvalue weighted by molar-refractivity contribution is 1.38. The van der Waals surface area contributed by atoms with Crippen LogP contribution in [0.1, 0.15) is 4.88 Å². The fourth-order valence-electron chi connectivity index (χ4n) is 1.04. The normalized spacial score (nSPS) is 10.3. The van der Waals surface area contributed by atoms with Gasteiger partial charge in [0.15, 0.2) is 0 Å². The van der Waals surface area contributed by atoms with E-state index < -0.39 is 0 Å². The molecular formula is C10H7ClNS. The summed E-state index contributed by atoms with van der Waals surface area (Å²) in [4.78, 5) is 5.45. The molecule has 0 fully saturated rings. The van der Waals surface area contributed by atoms with Gasteiger partial charge in [0.2, 0.25) is 0 Å². The van der Waals surface area contributed by atoms with E-state index in [4.69, 9.17) is 11.6 Å². The summed E-state index contributed by atoms with van der Waals surface area (Å²) >= 11 is 7.51. The van der Waals surface area contributed by atoms with Crippen molar-refractivity contribution in [3.8, 4) is 10.6 Å². The Balaban J connectivity index is 2.46. The van der Waals surface area contributed by atoms with Crippen molar-refractivity contribution in [1.29, 1.82) is 0 Å². The summed E-state index contributed by atoms with van der Waals surface area (Å²) in [5.41, 5.74) is 0.964. The zero-order valence-corrected chi connectivity index (χ0v) is 8.62. The van der Waals surface area contributed by atoms with Gasteiger partial charge in [-0.3, -0.25) is 0 Å². The first-order valence-corrected chi connectivity index (χ1v) is 5.05. The third-order valence-corrected chi connectivity index (χ3v) is 2.80. The Hall–Kier alpha value is -0.860. The number of thiazole rings is 1. The average Bonchev–Trinajstić information content (AvgIpc) is 2.52. The van der Waals surface area contributed by atoms with Crippen LogP contribution in [0, 0.1) is 13.0 Å². The molecule has 0 unspecified atom stereocenters. The third kappa shape index (κ3) is 1.90. The average molecular weight is 209 g/mol. The van der Waals surface area contributed by atoms with Crippen LogP contribution < -0.4 is 0 Å². The Morgan fingerprint density at radius 3 is 3.00 bits per heavy atom. The number of aromatic nitrogens is 1. The fourth-order valence-corrected chi connectivity index (χ4v) is 1.96. The van der Waals surface area contributed by atoms with Gasteiger partial charge >= 0.3 is 0 Å². The second-order valence-electron chi connectivity index (χ2n) is 2.70. The summed E-state index contributed by atoms with van der Waals surface area (Å²) in [7, 11) is 0. The maximum absolute atomic E-state index is 5.86. The minimum absolute atomic E-state index is 0.724. The van der Waals surface area contributed by atoms with Crippen LogP contribution in [0.25, 0.3) is 10.6 Å². The van der Waals surface area contributed by atoms with E-state index in [1.54, 1.807) is 11.3 Å². The zero-order valence-electron chi connectivity index (χ0n) is 7.04. The molecule has 1 radical (unpaired) electrons. The highest BCUT2D eigenvalue weighted by Gasteiger charge is 2.02. The predicted octanol–water partition coefficient (Wildman–Crippen LogP) is 3.57. The summed E-state index contributed by atoms with van der Waals surface area (Å²) in [5, 5.41) is 1.70. The maximum atomic E-state index is 5.86. The van der Waals surface area contributed by atoms with E-state index in [1.165, 1.54) is 4.88 Å². The number of benzene rings is 1. The molecule has 0 saturated heterocycles. The van der Waals surface area contributed by atoms with Crippen molar-refractivity contribution in [1.82, 2.24) is 4.98 Å². The molecule has 0 spiro atoms. The molecule has 0 aliphatic carbocycles. The van der Waals surface area contributed by atoms with E-state index in [1.807, 2.05) is 31.3 Å². The SMILES string of the molecule is Cc1cnc(-c2[c]ccc(Cl)c2)s1. The summed E-state index contributed by atoms with van der Waals surface area (Å²) in [5.74, 6) is 0. The number of rotatable bonds is 1. The molecule has 0 amide bonds. The number of halogens is 1. The number of hydrogen-bond acceptors (Lipinski definition) is 2. The Labute approximate surface area is 86.0 Å². The molecule has 1 aromatic carbocycles. The first kappa shape index (κ1) is 8.73. The van der Waals surface area contributed by atoms with Crippen LogP contribution in [-0.4, -0.2) is 4.98 Å². The van der Waals surface area contributed by atoms with Crippen LogP contribution in [0.15, 0.2) is 24.4 Å². The molecule has 65 valence electrons. The van der Waals surface area contributed by atoms with Crippen molar-refractivity contribution in [3.63, 3.8) is 0 Å². The molecular weight excluding hydrogens is 202 g/mol. The molecule has 1 nitrogen and oxygen atoms in total. The highest BCUT2D eigenvalue weighted by Crippen LogP contribution is 2.25. The van der Waals surface area contributed by atoms with Gasteiger partial charge in [0.1, 0.15) is 5.01 Å². The van der Waals surface area contributed by atoms with E-state index in [0.717, 1.165) is 15.6 Å². The molecule has 0 saturated carbocycles. The lowest BCUT2D eigenvalue weighted by Gasteiger charge is -1.94. The van der Waals surface area contributed by atoms with Gasteiger partial charge in [-0.25, -0.2) is 4.98 Å². The standard InChI is InChI=1S/C10H7ClNS/c1-7-6-12-10(13-7)8-3-2-4-9(11)5-8/h2,4-6H,1H3. The van der Waals surface area contributed by atoms with E-state index >= 15 is 0 Å². The lowest BCUT2D eigenvalue weighted by atomic mass is 10.2. The molecule has 1 heterocycles. The van der Waals surface area contributed by atoms with Crippen molar-refractivity contribution in [2.75, 3.05) is 0 Å². The van der Waals surface area contributed by atoms with Crippen LogP contribution in [-0.2, 0) is 0 Å². The van der Waals surface area contributed by atoms with E-state index in [9.17, 15) is 0 Å². The number of nitrogens with zero attached hydrogens (tertiary/aromatic N) is 1. The van der Waals surface area contributed by atoms with Crippen LogP contribution in [0.2, 0.25) is 5.02 Å². The van der Waals surface area contributed by atoms with Crippen molar-refractivity contribution in [2.24, 2.45) is 0 Å². The fraction of sp³-hybridized carbons (Fsp3) is 0.100. The monoisotopic (exact) mass is 208 g/mol. The quantitative estimate of drug-likeness (QED) is 0.698. The van der Waals surface area contributed by atoms with Gasteiger partial charge < -0.3 is 0 Å². The smallest absolute Gasteiger partial charge is 0.124 e. The largest absolute Gasteiger partial charge is 0.244 e. The topological polar surface area (TPSA) is 12.9 Å². The van der Waals surface area contributed by atoms with Crippen LogP contribution in [0.3, 0.4) is 0 Å². The molecule has 0 N–H and O–H groups in total. The maximum Gasteiger partial charge on any atom is 0.124 e.